The molecule has 1 aromatic rings. The Labute approximate surface area is 60.4 Å². The third-order valence-corrected chi connectivity index (χ3v) is 0.406. The summed E-state index contributed by atoms with van der Waals surface area (Å²) in [5, 5.41) is 0. The zero-order valence-corrected chi connectivity index (χ0v) is 5.91. The first kappa shape index (κ1) is 12.0. The molecule has 0 aliphatic rings. The summed E-state index contributed by atoms with van der Waals surface area (Å²) < 4.78 is 22.8. The molecule has 6 N–H and O–H groups in total. The summed E-state index contributed by atoms with van der Waals surface area (Å²) in [4.78, 5) is 6.42. The van der Waals surface area contributed by atoms with Crippen molar-refractivity contribution in [2.75, 3.05) is 0 Å². The summed E-state index contributed by atoms with van der Waals surface area (Å²) in [5.74, 6) is 0. The van der Waals surface area contributed by atoms with Crippen molar-refractivity contribution in [2.45, 2.75) is 0 Å². The van der Waals surface area contributed by atoms with Gasteiger partial charge in [-0.25, -0.2) is 4.98 Å². The molecule has 0 saturated carbocycles. The first-order chi connectivity index (χ1) is 4.23. The molecule has 0 saturated heterocycles. The van der Waals surface area contributed by atoms with E-state index in [0.29, 0.717) is 0 Å². The number of nitrogens with one attached hydrogen (secondary N) is 1. The van der Waals surface area contributed by atoms with Crippen molar-refractivity contribution in [2.24, 2.45) is 0 Å². The fourth-order valence-corrected chi connectivity index (χ4v) is 0.215. The molecule has 0 atom stereocenters. The standard InChI is InChI=1S/C3H4N2.H3N.H2O3S/c1-2-5-3-4-1;;1-4(2)3/h1-3H,(H,4,5);1H3;(H2,1,2,3). The zero-order valence-electron chi connectivity index (χ0n) is 5.10. The van der Waals surface area contributed by atoms with Crippen LogP contribution in [0.1, 0.15) is 0 Å². The second kappa shape index (κ2) is 8.24. The largest absolute Gasteiger partial charge is 0.351 e. The molecule has 1 heterocycles. The highest BCUT2D eigenvalue weighted by molar-refractivity contribution is 7.73. The third-order valence-electron chi connectivity index (χ3n) is 0.406. The van der Waals surface area contributed by atoms with Gasteiger partial charge in [-0.2, -0.15) is 4.21 Å². The van der Waals surface area contributed by atoms with E-state index in [2.05, 4.69) is 9.97 Å². The molecular weight excluding hydrogens is 158 g/mol. The molecule has 0 bridgehead atoms. The number of aromatic amines is 1. The van der Waals surface area contributed by atoms with Gasteiger partial charge in [-0.1, -0.05) is 0 Å². The Morgan fingerprint density at radius 2 is 2.00 bits per heavy atom. The number of H-pyrrole nitrogens is 1. The maximum Gasteiger partial charge on any atom is 0.299 e. The smallest absolute Gasteiger partial charge is 0.299 e. The van der Waals surface area contributed by atoms with Gasteiger partial charge in [0.1, 0.15) is 0 Å². The summed E-state index contributed by atoms with van der Waals surface area (Å²) in [5.41, 5.74) is 0. The van der Waals surface area contributed by atoms with Crippen LogP contribution in [-0.2, 0) is 11.4 Å². The number of aromatic nitrogens is 2. The van der Waals surface area contributed by atoms with Crippen LogP contribution < -0.4 is 6.15 Å². The predicted molar refractivity (Wildman–Crippen MR) is 37.0 cm³/mol. The summed E-state index contributed by atoms with van der Waals surface area (Å²) in [7, 11) is 0. The molecular formula is C3H9N3O3S. The highest BCUT2D eigenvalue weighted by Gasteiger charge is 1.62. The number of imidazole rings is 1. The normalized spacial score (nSPS) is 7.50. The van der Waals surface area contributed by atoms with Crippen LogP contribution in [-0.4, -0.2) is 23.3 Å². The second-order valence-corrected chi connectivity index (χ2v) is 1.45. The lowest BCUT2D eigenvalue weighted by Gasteiger charge is -1.59. The van der Waals surface area contributed by atoms with Gasteiger partial charge in [0.2, 0.25) is 0 Å². The molecule has 0 unspecified atom stereocenters. The van der Waals surface area contributed by atoms with Crippen molar-refractivity contribution in [1.82, 2.24) is 16.1 Å². The van der Waals surface area contributed by atoms with E-state index in [0.717, 1.165) is 0 Å². The van der Waals surface area contributed by atoms with E-state index in [1.54, 1.807) is 18.7 Å². The van der Waals surface area contributed by atoms with Crippen molar-refractivity contribution in [1.29, 1.82) is 0 Å². The van der Waals surface area contributed by atoms with Gasteiger partial charge in [-0.15, -0.1) is 0 Å². The van der Waals surface area contributed by atoms with Gasteiger partial charge >= 0.3 is 0 Å². The van der Waals surface area contributed by atoms with Crippen LogP contribution in [0.3, 0.4) is 0 Å². The highest BCUT2D eigenvalue weighted by Crippen LogP contribution is 1.62. The molecule has 0 radical (unpaired) electrons. The number of nitrogens with zero attached hydrogens (tertiary/aromatic N) is 1. The highest BCUT2D eigenvalue weighted by atomic mass is 32.2. The van der Waals surface area contributed by atoms with Gasteiger partial charge in [-0.3, -0.25) is 9.11 Å². The van der Waals surface area contributed by atoms with Crippen LogP contribution in [0.4, 0.5) is 0 Å². The van der Waals surface area contributed by atoms with E-state index in [4.69, 9.17) is 13.3 Å². The van der Waals surface area contributed by atoms with Gasteiger partial charge < -0.3 is 11.1 Å². The second-order valence-electron chi connectivity index (χ2n) is 0.991. The molecule has 1 aromatic heterocycles. The Morgan fingerprint density at radius 1 is 1.50 bits per heavy atom. The van der Waals surface area contributed by atoms with E-state index in [1.807, 2.05) is 0 Å². The van der Waals surface area contributed by atoms with Crippen LogP contribution in [0.2, 0.25) is 0 Å². The fourth-order valence-electron chi connectivity index (χ4n) is 0.215. The lowest BCUT2D eigenvalue weighted by Crippen LogP contribution is -1.74. The first-order valence-electron chi connectivity index (χ1n) is 1.96. The molecule has 0 aliphatic heterocycles. The molecule has 60 valence electrons. The minimum absolute atomic E-state index is 0. The van der Waals surface area contributed by atoms with Crippen molar-refractivity contribution < 1.29 is 13.3 Å². The van der Waals surface area contributed by atoms with Crippen LogP contribution in [0, 0.1) is 0 Å². The molecule has 0 aromatic carbocycles. The molecule has 0 spiro atoms. The predicted octanol–water partition coefficient (Wildman–Crippen LogP) is 0.253. The Hall–Kier alpha value is -0.760. The number of hydrogen-bond acceptors (Lipinski definition) is 3. The van der Waals surface area contributed by atoms with E-state index in [-0.39, 0.29) is 6.15 Å². The van der Waals surface area contributed by atoms with E-state index in [1.165, 1.54) is 0 Å². The van der Waals surface area contributed by atoms with Gasteiger partial charge in [0.25, 0.3) is 11.4 Å². The Balaban J connectivity index is 0. The fraction of sp³-hybridized carbons (Fsp3) is 0. The maximum atomic E-state index is 8.67. The Morgan fingerprint density at radius 3 is 2.10 bits per heavy atom. The van der Waals surface area contributed by atoms with Crippen LogP contribution in [0.5, 0.6) is 0 Å². The van der Waals surface area contributed by atoms with Crippen LogP contribution in [0.15, 0.2) is 18.7 Å². The molecule has 0 fully saturated rings. The average Bonchev–Trinajstić information content (AvgIpc) is 2.11. The maximum absolute atomic E-state index is 8.67. The molecule has 1 rings (SSSR count). The number of rotatable bonds is 0. The monoisotopic (exact) mass is 167 g/mol. The molecule has 0 amide bonds. The lowest BCUT2D eigenvalue weighted by molar-refractivity contribution is 0.454. The van der Waals surface area contributed by atoms with Crippen molar-refractivity contribution in [3.8, 4) is 0 Å². The first-order valence-corrected chi connectivity index (χ1v) is 3.02. The Bertz CT molecular complexity index is 133. The van der Waals surface area contributed by atoms with E-state index >= 15 is 0 Å². The van der Waals surface area contributed by atoms with Gasteiger partial charge in [0.05, 0.1) is 6.33 Å². The molecule has 10 heavy (non-hydrogen) atoms. The van der Waals surface area contributed by atoms with E-state index < -0.39 is 11.4 Å². The summed E-state index contributed by atoms with van der Waals surface area (Å²) >= 11 is -2.61. The molecule has 0 aliphatic carbocycles. The summed E-state index contributed by atoms with van der Waals surface area (Å²) in [6.45, 7) is 0. The van der Waals surface area contributed by atoms with E-state index in [9.17, 15) is 0 Å². The quantitative estimate of drug-likeness (QED) is 0.413. The third kappa shape index (κ3) is 15.7. The van der Waals surface area contributed by atoms with Crippen molar-refractivity contribution in [3.05, 3.63) is 18.7 Å². The molecule has 6 nitrogen and oxygen atoms in total. The molecule has 7 heteroatoms. The average molecular weight is 167 g/mol. The Kier molecular flexibility index (Phi) is 9.86. The lowest BCUT2D eigenvalue weighted by atomic mass is 11.0. The van der Waals surface area contributed by atoms with Crippen molar-refractivity contribution in [3.63, 3.8) is 0 Å². The van der Waals surface area contributed by atoms with Gasteiger partial charge in [-0.05, 0) is 0 Å². The van der Waals surface area contributed by atoms with Gasteiger partial charge in [0.15, 0.2) is 0 Å². The van der Waals surface area contributed by atoms with Crippen molar-refractivity contribution >= 4 is 11.4 Å². The van der Waals surface area contributed by atoms with Gasteiger partial charge in [0, 0.05) is 12.4 Å². The topological polar surface area (TPSA) is 121 Å². The minimum atomic E-state index is -2.61. The SMILES string of the molecule is N.O=S(O)O.c1c[nH]cn1. The van der Waals surface area contributed by atoms with Crippen LogP contribution >= 0.6 is 0 Å². The summed E-state index contributed by atoms with van der Waals surface area (Å²) in [6.07, 6.45) is 5.08. The zero-order chi connectivity index (χ0) is 7.11. The number of hydrogen-bond donors (Lipinski definition) is 4. The summed E-state index contributed by atoms with van der Waals surface area (Å²) in [6, 6.07) is 0. The van der Waals surface area contributed by atoms with Crippen LogP contribution in [0.25, 0.3) is 0 Å². The minimum Gasteiger partial charge on any atom is -0.351 e.